The molecule has 2 aromatic rings. The van der Waals surface area contributed by atoms with Crippen LogP contribution in [0.25, 0.3) is 11.2 Å². The van der Waals surface area contributed by atoms with E-state index in [2.05, 4.69) is 48.3 Å². The van der Waals surface area contributed by atoms with Crippen LogP contribution in [-0.4, -0.2) is 123 Å². The number of anilines is 1. The molecule has 0 radical (unpaired) electrons. The van der Waals surface area contributed by atoms with Gasteiger partial charge in [-0.05, 0) is 12.3 Å². The number of hydrogen-bond donors (Lipinski definition) is 9. The number of nitrogen functional groups attached to an aromatic ring is 1. The quantitative estimate of drug-likeness (QED) is 0.0521. The largest absolute Gasteiger partial charge is 0.481 e. The van der Waals surface area contributed by atoms with E-state index in [4.69, 9.17) is 19.5 Å². The van der Waals surface area contributed by atoms with Gasteiger partial charge in [0.15, 0.2) is 22.8 Å². The molecule has 324 valence electrons. The first-order chi connectivity index (χ1) is 26.4. The van der Waals surface area contributed by atoms with Crippen LogP contribution in [0.15, 0.2) is 12.7 Å². The van der Waals surface area contributed by atoms with Gasteiger partial charge in [0.1, 0.15) is 36.3 Å². The van der Waals surface area contributed by atoms with E-state index in [-0.39, 0.29) is 41.6 Å². The number of aliphatic hydroxyl groups excluding tert-OH is 2. The van der Waals surface area contributed by atoms with E-state index in [0.29, 0.717) is 18.1 Å². The molecular weight excluding hydrogens is 843 g/mol. The van der Waals surface area contributed by atoms with Crippen LogP contribution in [0.2, 0.25) is 0 Å². The van der Waals surface area contributed by atoms with Gasteiger partial charge in [0.2, 0.25) is 11.8 Å². The van der Waals surface area contributed by atoms with Crippen LogP contribution < -0.4 is 16.4 Å². The maximum Gasteiger partial charge on any atom is 0.481 e. The van der Waals surface area contributed by atoms with Crippen LogP contribution in [0, 0.1) is 11.3 Å². The lowest BCUT2D eigenvalue weighted by Crippen LogP contribution is -2.46. The first-order valence-electron chi connectivity index (χ1n) is 17.5. The number of nitrogens with one attached hydrogen (secondary N) is 2. The number of amides is 2. The van der Waals surface area contributed by atoms with Gasteiger partial charge < -0.3 is 50.9 Å². The number of phosphoric acid groups is 3. The summed E-state index contributed by atoms with van der Waals surface area (Å²) >= 11 is 1.13. The fourth-order valence-corrected chi connectivity index (χ4v) is 8.89. The number of carbonyl (C=O) groups excluding carboxylic acids is 3. The van der Waals surface area contributed by atoms with Crippen molar-refractivity contribution in [2.45, 2.75) is 90.4 Å². The Kier molecular flexibility index (Phi) is 18.2. The van der Waals surface area contributed by atoms with Crippen molar-refractivity contribution in [1.29, 1.82) is 0 Å². The smallest absolute Gasteiger partial charge is 0.386 e. The van der Waals surface area contributed by atoms with Gasteiger partial charge in [-0.3, -0.25) is 32.5 Å². The van der Waals surface area contributed by atoms with E-state index in [1.165, 1.54) is 13.8 Å². The number of imidazole rings is 1. The third kappa shape index (κ3) is 15.6. The molecule has 1 saturated heterocycles. The van der Waals surface area contributed by atoms with E-state index in [1.54, 1.807) is 0 Å². The van der Waals surface area contributed by atoms with Gasteiger partial charge in [0.05, 0.1) is 19.5 Å². The van der Waals surface area contributed by atoms with Gasteiger partial charge in [-0.2, -0.15) is 4.31 Å². The molecule has 10 N–H and O–H groups in total. The molecule has 24 nitrogen and oxygen atoms in total. The summed E-state index contributed by atoms with van der Waals surface area (Å²) in [4.78, 5) is 87.7. The topological polar surface area (TPSA) is 364 Å². The van der Waals surface area contributed by atoms with Crippen LogP contribution in [0.5, 0.6) is 0 Å². The fraction of sp³-hybridized carbons (Fsp3) is 0.724. The van der Waals surface area contributed by atoms with Gasteiger partial charge in [0.25, 0.3) is 0 Å². The van der Waals surface area contributed by atoms with Crippen molar-refractivity contribution in [2.75, 3.05) is 37.8 Å². The second-order valence-corrected chi connectivity index (χ2v) is 19.1. The standard InChI is InChI=1S/C29H50N7O17P3S/c1-5-6-17(2)7-8-20(38)57-12-11-31-19(37)9-10-32-27(41)24(40)29(3,4)14-50-56(47,48)53-55(45,46)49-13-18-23(52-54(42,43)44)22(39)28(51-18)36-16-35-21-25(30)33-15-34-26(21)36/h15-18,22-24,28,39-40H,5-14H2,1-4H3,(H,31,37)(H,32,41)(H,45,46)(H,47,48)(H2,30,33,34)(H2,42,43,44). The zero-order valence-electron chi connectivity index (χ0n) is 31.5. The average Bonchev–Trinajstić information content (AvgIpc) is 3.67. The van der Waals surface area contributed by atoms with E-state index in [9.17, 15) is 57.9 Å². The summed E-state index contributed by atoms with van der Waals surface area (Å²) in [6.45, 7) is 4.74. The molecule has 57 heavy (non-hydrogen) atoms. The predicted octanol–water partition coefficient (Wildman–Crippen LogP) is 0.881. The third-order valence-electron chi connectivity index (χ3n) is 8.39. The van der Waals surface area contributed by atoms with Crippen molar-refractivity contribution >= 4 is 69.1 Å². The van der Waals surface area contributed by atoms with Crippen molar-refractivity contribution in [2.24, 2.45) is 11.3 Å². The number of nitrogens with two attached hydrogens (primary N) is 1. The number of phosphoric ester groups is 3. The molecule has 1 aliphatic heterocycles. The van der Waals surface area contributed by atoms with Crippen LogP contribution in [0.1, 0.15) is 66.0 Å². The highest BCUT2D eigenvalue weighted by atomic mass is 32.2. The number of fused-ring (bicyclic) bond motifs is 1. The third-order valence-corrected chi connectivity index (χ3v) is 12.4. The molecule has 0 bridgehead atoms. The lowest BCUT2D eigenvalue weighted by molar-refractivity contribution is -0.137. The van der Waals surface area contributed by atoms with Crippen molar-refractivity contribution in [3.63, 3.8) is 0 Å². The lowest BCUT2D eigenvalue weighted by Gasteiger charge is -2.30. The first-order valence-corrected chi connectivity index (χ1v) is 23.0. The van der Waals surface area contributed by atoms with Crippen LogP contribution in [0.4, 0.5) is 5.82 Å². The molecule has 28 heteroatoms. The number of ether oxygens (including phenoxy) is 1. The van der Waals surface area contributed by atoms with Crippen LogP contribution in [0.3, 0.4) is 0 Å². The zero-order valence-corrected chi connectivity index (χ0v) is 35.0. The van der Waals surface area contributed by atoms with Gasteiger partial charge >= 0.3 is 23.5 Å². The minimum absolute atomic E-state index is 0.0321. The molecule has 0 spiro atoms. The van der Waals surface area contributed by atoms with Crippen molar-refractivity contribution in [3.8, 4) is 0 Å². The summed E-state index contributed by atoms with van der Waals surface area (Å²) in [7, 11) is -16.4. The molecule has 3 rings (SSSR count). The summed E-state index contributed by atoms with van der Waals surface area (Å²) < 4.78 is 62.1. The van der Waals surface area contributed by atoms with Crippen molar-refractivity contribution in [3.05, 3.63) is 12.7 Å². The normalized spacial score (nSPS) is 22.1. The van der Waals surface area contributed by atoms with E-state index >= 15 is 0 Å². The monoisotopic (exact) mass is 893 g/mol. The van der Waals surface area contributed by atoms with E-state index in [1.807, 2.05) is 0 Å². The Bertz CT molecular complexity index is 1830. The lowest BCUT2D eigenvalue weighted by atomic mass is 9.87. The SMILES string of the molecule is CCCC(C)CCC(=O)SCCNC(=O)CCNC(=O)C(O)C(C)(C)COP(=O)(O)OP(=O)(O)OCC1OC(n2cnc3c(N)ncnc32)C(O)C1OP(=O)(O)O. The molecule has 8 unspecified atom stereocenters. The first kappa shape index (κ1) is 48.9. The molecule has 1 fully saturated rings. The maximum atomic E-state index is 12.7. The second kappa shape index (κ2) is 21.2. The highest BCUT2D eigenvalue weighted by Crippen LogP contribution is 2.61. The summed E-state index contributed by atoms with van der Waals surface area (Å²) in [6.07, 6.45) is -3.50. The molecule has 8 atom stereocenters. The average molecular weight is 894 g/mol. The Morgan fingerprint density at radius 2 is 1.72 bits per heavy atom. The molecule has 0 saturated carbocycles. The zero-order chi connectivity index (χ0) is 42.8. The van der Waals surface area contributed by atoms with Crippen molar-refractivity contribution < 1.29 is 80.5 Å². The summed E-state index contributed by atoms with van der Waals surface area (Å²) in [6, 6.07) is 0. The Hall–Kier alpha value is -2.44. The second-order valence-electron chi connectivity index (χ2n) is 13.7. The molecule has 2 amide bonds. The van der Waals surface area contributed by atoms with Gasteiger partial charge in [-0.1, -0.05) is 52.3 Å². The fourth-order valence-electron chi connectivity index (χ4n) is 5.37. The number of nitrogens with zero attached hydrogens (tertiary/aromatic N) is 4. The number of hydrogen-bond acceptors (Lipinski definition) is 18. The van der Waals surface area contributed by atoms with Crippen LogP contribution in [-0.2, 0) is 50.7 Å². The van der Waals surface area contributed by atoms with Crippen molar-refractivity contribution in [1.82, 2.24) is 30.2 Å². The van der Waals surface area contributed by atoms with Gasteiger partial charge in [-0.25, -0.2) is 28.6 Å². The summed E-state index contributed by atoms with van der Waals surface area (Å²) in [5, 5.41) is 26.5. The summed E-state index contributed by atoms with van der Waals surface area (Å²) in [5.41, 5.74) is 4.27. The molecule has 2 aromatic heterocycles. The highest BCUT2D eigenvalue weighted by Gasteiger charge is 2.50. The molecule has 0 aromatic carbocycles. The number of aromatic nitrogens is 4. The molecule has 0 aliphatic carbocycles. The Morgan fingerprint density at radius 1 is 1.04 bits per heavy atom. The minimum Gasteiger partial charge on any atom is -0.386 e. The summed E-state index contributed by atoms with van der Waals surface area (Å²) in [5.74, 6) is -0.577. The molecular formula is C29H50N7O17P3S. The number of aliphatic hydroxyl groups is 2. The predicted molar refractivity (Wildman–Crippen MR) is 200 cm³/mol. The molecule has 1 aliphatic rings. The van der Waals surface area contributed by atoms with E-state index in [0.717, 1.165) is 48.2 Å². The maximum absolute atomic E-state index is 12.7. The number of rotatable bonds is 24. The molecule has 3 heterocycles. The Morgan fingerprint density at radius 3 is 2.39 bits per heavy atom. The number of carbonyl (C=O) groups is 3. The Labute approximate surface area is 331 Å². The Balaban J connectivity index is 1.46. The van der Waals surface area contributed by atoms with E-state index < -0.39 is 84.6 Å². The minimum atomic E-state index is -5.57. The number of thioether (sulfide) groups is 1. The van der Waals surface area contributed by atoms with Crippen LogP contribution >= 0.6 is 35.2 Å². The van der Waals surface area contributed by atoms with Gasteiger partial charge in [0, 0.05) is 37.1 Å². The van der Waals surface area contributed by atoms with Gasteiger partial charge in [-0.15, -0.1) is 0 Å². The highest BCUT2D eigenvalue weighted by molar-refractivity contribution is 8.13.